The highest BCUT2D eigenvalue weighted by Gasteiger charge is 2.06. The van der Waals surface area contributed by atoms with Gasteiger partial charge in [-0.3, -0.25) is 4.98 Å². The molecule has 1 heterocycles. The van der Waals surface area contributed by atoms with Crippen LogP contribution in [0.4, 0.5) is 0 Å². The third-order valence-corrected chi connectivity index (χ3v) is 2.26. The zero-order valence-corrected chi connectivity index (χ0v) is 8.90. The number of ether oxygens (including phenoxy) is 1. The molecular weight excluding hydrogens is 186 g/mol. The van der Waals surface area contributed by atoms with Crippen LogP contribution in [0.25, 0.3) is 11.3 Å². The molecule has 0 spiro atoms. The normalized spacial score (nSPS) is 10.0. The molecule has 1 aromatic carbocycles. The molecule has 76 valence electrons. The second-order valence-corrected chi connectivity index (χ2v) is 3.43. The average Bonchev–Trinajstić information content (AvgIpc) is 2.30. The molecule has 2 nitrogen and oxygen atoms in total. The van der Waals surface area contributed by atoms with Gasteiger partial charge in [0.05, 0.1) is 7.11 Å². The van der Waals surface area contributed by atoms with Gasteiger partial charge in [-0.1, -0.05) is 30.3 Å². The Bertz CT molecular complexity index is 451. The van der Waals surface area contributed by atoms with Crippen molar-refractivity contribution >= 4 is 0 Å². The first-order valence-corrected chi connectivity index (χ1v) is 4.87. The highest BCUT2D eigenvalue weighted by atomic mass is 16.5. The van der Waals surface area contributed by atoms with Gasteiger partial charge in [0.1, 0.15) is 11.4 Å². The number of hydrogen-bond acceptors (Lipinski definition) is 2. The number of benzene rings is 1. The second-order valence-electron chi connectivity index (χ2n) is 3.43. The lowest BCUT2D eigenvalue weighted by molar-refractivity contribution is 0.414. The number of rotatable bonds is 2. The molecular formula is C13H13NO. The van der Waals surface area contributed by atoms with Crippen molar-refractivity contribution < 1.29 is 4.74 Å². The molecule has 1 aromatic heterocycles. The van der Waals surface area contributed by atoms with E-state index in [0.29, 0.717) is 0 Å². The van der Waals surface area contributed by atoms with Crippen LogP contribution in [-0.4, -0.2) is 12.1 Å². The van der Waals surface area contributed by atoms with E-state index in [4.69, 9.17) is 4.74 Å². The van der Waals surface area contributed by atoms with Gasteiger partial charge in [-0.2, -0.15) is 0 Å². The van der Waals surface area contributed by atoms with Crippen molar-refractivity contribution in [3.63, 3.8) is 0 Å². The van der Waals surface area contributed by atoms with E-state index in [1.54, 1.807) is 7.11 Å². The van der Waals surface area contributed by atoms with E-state index in [9.17, 15) is 0 Å². The fourth-order valence-electron chi connectivity index (χ4n) is 1.51. The summed E-state index contributed by atoms with van der Waals surface area (Å²) in [6, 6.07) is 12.0. The van der Waals surface area contributed by atoms with E-state index in [1.807, 2.05) is 49.5 Å². The quantitative estimate of drug-likeness (QED) is 0.741. The highest BCUT2D eigenvalue weighted by molar-refractivity contribution is 5.66. The Labute approximate surface area is 89.6 Å². The van der Waals surface area contributed by atoms with Gasteiger partial charge in [-0.05, 0) is 18.6 Å². The Hall–Kier alpha value is -1.83. The third-order valence-electron chi connectivity index (χ3n) is 2.26. The summed E-state index contributed by atoms with van der Waals surface area (Å²) in [5, 5.41) is 0. The summed E-state index contributed by atoms with van der Waals surface area (Å²) in [5.41, 5.74) is 3.07. The van der Waals surface area contributed by atoms with E-state index < -0.39 is 0 Å². The maximum absolute atomic E-state index is 5.32. The predicted molar refractivity (Wildman–Crippen MR) is 61.0 cm³/mol. The molecule has 0 aliphatic rings. The van der Waals surface area contributed by atoms with E-state index in [1.165, 1.54) is 0 Å². The Morgan fingerprint density at radius 1 is 1.13 bits per heavy atom. The van der Waals surface area contributed by atoms with Gasteiger partial charge in [0.2, 0.25) is 0 Å². The number of nitrogens with zero attached hydrogens (tertiary/aromatic N) is 1. The average molecular weight is 199 g/mol. The fraction of sp³-hybridized carbons (Fsp3) is 0.154. The summed E-state index contributed by atoms with van der Waals surface area (Å²) in [5.74, 6) is 0.821. The van der Waals surface area contributed by atoms with Gasteiger partial charge in [0.15, 0.2) is 0 Å². The van der Waals surface area contributed by atoms with Crippen LogP contribution >= 0.6 is 0 Å². The van der Waals surface area contributed by atoms with Crippen LogP contribution in [0.2, 0.25) is 0 Å². The number of methoxy groups -OCH3 is 1. The molecule has 2 aromatic rings. The topological polar surface area (TPSA) is 22.1 Å². The summed E-state index contributed by atoms with van der Waals surface area (Å²) in [6.07, 6.45) is 1.85. The summed E-state index contributed by atoms with van der Waals surface area (Å²) in [4.78, 5) is 4.39. The standard InChI is InChI=1S/C13H13NO/c1-10-8-12(15-2)13(14-9-10)11-6-4-3-5-7-11/h3-9H,1-2H3. The number of aromatic nitrogens is 1. The lowest BCUT2D eigenvalue weighted by Gasteiger charge is -2.07. The van der Waals surface area contributed by atoms with Crippen molar-refractivity contribution in [3.05, 3.63) is 48.2 Å². The molecule has 2 heteroatoms. The number of aryl methyl sites for hydroxylation is 1. The van der Waals surface area contributed by atoms with Crippen molar-refractivity contribution in [2.24, 2.45) is 0 Å². The van der Waals surface area contributed by atoms with Gasteiger partial charge in [-0.15, -0.1) is 0 Å². The Kier molecular flexibility index (Phi) is 2.68. The smallest absolute Gasteiger partial charge is 0.145 e. The molecule has 0 N–H and O–H groups in total. The maximum atomic E-state index is 5.32. The van der Waals surface area contributed by atoms with E-state index in [2.05, 4.69) is 4.98 Å². The lowest BCUT2D eigenvalue weighted by atomic mass is 10.1. The summed E-state index contributed by atoms with van der Waals surface area (Å²) >= 11 is 0. The second kappa shape index (κ2) is 4.13. The van der Waals surface area contributed by atoms with Gasteiger partial charge < -0.3 is 4.74 Å². The third kappa shape index (κ3) is 1.99. The van der Waals surface area contributed by atoms with Gasteiger partial charge in [0.25, 0.3) is 0 Å². The van der Waals surface area contributed by atoms with Crippen molar-refractivity contribution in [2.75, 3.05) is 7.11 Å². The molecule has 0 aliphatic heterocycles. The SMILES string of the molecule is COc1cc(C)cnc1-c1ccccc1. The molecule has 2 rings (SSSR count). The highest BCUT2D eigenvalue weighted by Crippen LogP contribution is 2.27. The molecule has 0 unspecified atom stereocenters. The monoisotopic (exact) mass is 199 g/mol. The predicted octanol–water partition coefficient (Wildman–Crippen LogP) is 3.07. The summed E-state index contributed by atoms with van der Waals surface area (Å²) in [7, 11) is 1.67. The first-order chi connectivity index (χ1) is 7.31. The van der Waals surface area contributed by atoms with Crippen LogP contribution in [0, 0.1) is 6.92 Å². The van der Waals surface area contributed by atoms with Crippen LogP contribution in [0.15, 0.2) is 42.6 Å². The van der Waals surface area contributed by atoms with Gasteiger partial charge in [0, 0.05) is 11.8 Å². The minimum Gasteiger partial charge on any atom is -0.494 e. The lowest BCUT2D eigenvalue weighted by Crippen LogP contribution is -1.91. The van der Waals surface area contributed by atoms with E-state index >= 15 is 0 Å². The molecule has 0 bridgehead atoms. The molecule has 15 heavy (non-hydrogen) atoms. The van der Waals surface area contributed by atoms with E-state index in [-0.39, 0.29) is 0 Å². The zero-order valence-electron chi connectivity index (χ0n) is 8.90. The molecule has 0 atom stereocenters. The van der Waals surface area contributed by atoms with Crippen molar-refractivity contribution in [3.8, 4) is 17.0 Å². The largest absolute Gasteiger partial charge is 0.494 e. The molecule has 0 fully saturated rings. The van der Waals surface area contributed by atoms with Crippen LogP contribution in [0.5, 0.6) is 5.75 Å². The molecule has 0 saturated heterocycles. The number of pyridine rings is 1. The Morgan fingerprint density at radius 3 is 2.53 bits per heavy atom. The Balaban J connectivity index is 2.53. The minimum atomic E-state index is 0.821. The minimum absolute atomic E-state index is 0.821. The van der Waals surface area contributed by atoms with Crippen molar-refractivity contribution in [1.82, 2.24) is 4.98 Å². The van der Waals surface area contributed by atoms with Crippen LogP contribution in [0.3, 0.4) is 0 Å². The Morgan fingerprint density at radius 2 is 1.87 bits per heavy atom. The van der Waals surface area contributed by atoms with Crippen LogP contribution in [-0.2, 0) is 0 Å². The summed E-state index contributed by atoms with van der Waals surface area (Å²) < 4.78 is 5.32. The zero-order chi connectivity index (χ0) is 10.7. The van der Waals surface area contributed by atoms with Crippen LogP contribution in [0.1, 0.15) is 5.56 Å². The van der Waals surface area contributed by atoms with Crippen molar-refractivity contribution in [1.29, 1.82) is 0 Å². The molecule has 0 aliphatic carbocycles. The first kappa shape index (κ1) is 9.71. The van der Waals surface area contributed by atoms with Gasteiger partial charge >= 0.3 is 0 Å². The maximum Gasteiger partial charge on any atom is 0.145 e. The molecule has 0 radical (unpaired) electrons. The summed E-state index contributed by atoms with van der Waals surface area (Å²) in [6.45, 7) is 2.00. The first-order valence-electron chi connectivity index (χ1n) is 4.87. The number of hydrogen-bond donors (Lipinski definition) is 0. The van der Waals surface area contributed by atoms with Crippen LogP contribution < -0.4 is 4.74 Å². The van der Waals surface area contributed by atoms with Gasteiger partial charge in [-0.25, -0.2) is 0 Å². The fourth-order valence-corrected chi connectivity index (χ4v) is 1.51. The van der Waals surface area contributed by atoms with E-state index in [0.717, 1.165) is 22.6 Å². The van der Waals surface area contributed by atoms with Crippen molar-refractivity contribution in [2.45, 2.75) is 6.92 Å². The molecule has 0 amide bonds. The molecule has 0 saturated carbocycles.